The van der Waals surface area contributed by atoms with Gasteiger partial charge in [0.1, 0.15) is 18.5 Å². The van der Waals surface area contributed by atoms with Crippen LogP contribution < -0.4 is 9.47 Å². The molecule has 2 aromatic carbocycles. The van der Waals surface area contributed by atoms with E-state index in [1.165, 1.54) is 31.4 Å². The Morgan fingerprint density at radius 3 is 2.46 bits per heavy atom. The summed E-state index contributed by atoms with van der Waals surface area (Å²) >= 11 is 3.41. The molecule has 0 amide bonds. The van der Waals surface area contributed by atoms with E-state index in [0.29, 0.717) is 21.5 Å². The zero-order valence-corrected chi connectivity index (χ0v) is 16.2. The fourth-order valence-electron chi connectivity index (χ4n) is 2.43. The molecule has 0 spiro atoms. The molecule has 0 aliphatic rings. The minimum absolute atomic E-state index is 0.0676. The van der Waals surface area contributed by atoms with Crippen LogP contribution in [-0.4, -0.2) is 39.9 Å². The van der Waals surface area contributed by atoms with Crippen molar-refractivity contribution in [2.45, 2.75) is 6.10 Å². The quantitative estimate of drug-likeness (QED) is 0.602. The van der Waals surface area contributed by atoms with Crippen LogP contribution in [0.4, 0.5) is 4.39 Å². The lowest BCUT2D eigenvalue weighted by Crippen LogP contribution is -2.17. The molecule has 0 saturated carbocycles. The molecular formula is C19H19BrFNO4. The number of rotatable bonds is 8. The Bertz CT molecular complexity index is 793. The van der Waals surface area contributed by atoms with Gasteiger partial charge < -0.3 is 14.2 Å². The second-order valence-electron chi connectivity index (χ2n) is 5.34. The number of methoxy groups -OCH3 is 3. The monoisotopic (exact) mass is 423 g/mol. The van der Waals surface area contributed by atoms with Crippen LogP contribution in [0.15, 0.2) is 45.9 Å². The van der Waals surface area contributed by atoms with Gasteiger partial charge in [0, 0.05) is 13.3 Å². The smallest absolute Gasteiger partial charge is 0.187 e. The molecule has 7 heteroatoms. The lowest BCUT2D eigenvalue weighted by atomic mass is 10.1. The van der Waals surface area contributed by atoms with Crippen molar-refractivity contribution in [1.82, 2.24) is 0 Å². The van der Waals surface area contributed by atoms with E-state index in [2.05, 4.69) is 20.9 Å². The third kappa shape index (κ3) is 4.89. The van der Waals surface area contributed by atoms with Gasteiger partial charge in [-0.1, -0.05) is 12.1 Å². The van der Waals surface area contributed by atoms with Gasteiger partial charge in [0.25, 0.3) is 0 Å². The Balaban J connectivity index is 2.10. The summed E-state index contributed by atoms with van der Waals surface area (Å²) in [7, 11) is 4.52. The summed E-state index contributed by atoms with van der Waals surface area (Å²) in [5.74, 6) is 0.537. The molecule has 1 atom stereocenters. The van der Waals surface area contributed by atoms with Gasteiger partial charge in [-0.25, -0.2) is 4.39 Å². The van der Waals surface area contributed by atoms with E-state index >= 15 is 0 Å². The number of aliphatic imine (C=N–C) groups is 1. The zero-order chi connectivity index (χ0) is 19.1. The van der Waals surface area contributed by atoms with E-state index in [-0.39, 0.29) is 18.1 Å². The van der Waals surface area contributed by atoms with Crippen molar-refractivity contribution < 1.29 is 23.4 Å². The van der Waals surface area contributed by atoms with E-state index in [4.69, 9.17) is 14.2 Å². The van der Waals surface area contributed by atoms with Crippen LogP contribution in [-0.2, 0) is 9.53 Å². The van der Waals surface area contributed by atoms with Crippen molar-refractivity contribution in [3.05, 3.63) is 57.8 Å². The maximum Gasteiger partial charge on any atom is 0.187 e. The maximum absolute atomic E-state index is 13.0. The van der Waals surface area contributed by atoms with Crippen molar-refractivity contribution >= 4 is 27.9 Å². The predicted molar refractivity (Wildman–Crippen MR) is 101 cm³/mol. The highest BCUT2D eigenvalue weighted by molar-refractivity contribution is 9.10. The fourth-order valence-corrected chi connectivity index (χ4v) is 3.05. The minimum atomic E-state index is -0.787. The van der Waals surface area contributed by atoms with Crippen molar-refractivity contribution in [2.75, 3.05) is 27.9 Å². The molecule has 2 rings (SSSR count). The normalized spacial score (nSPS) is 12.2. The van der Waals surface area contributed by atoms with E-state index in [0.717, 1.165) is 5.56 Å². The first-order valence-electron chi connectivity index (χ1n) is 7.72. The van der Waals surface area contributed by atoms with Crippen molar-refractivity contribution in [2.24, 2.45) is 4.99 Å². The molecule has 0 bridgehead atoms. The molecule has 138 valence electrons. The molecule has 0 aliphatic carbocycles. The van der Waals surface area contributed by atoms with Crippen molar-refractivity contribution in [1.29, 1.82) is 0 Å². The summed E-state index contributed by atoms with van der Waals surface area (Å²) in [6, 6.07) is 9.19. The average molecular weight is 424 g/mol. The molecule has 0 heterocycles. The number of hydrogen-bond donors (Lipinski definition) is 0. The predicted octanol–water partition coefficient (Wildman–Crippen LogP) is 3.98. The number of hydrogen-bond acceptors (Lipinski definition) is 5. The van der Waals surface area contributed by atoms with Gasteiger partial charge in [-0.05, 0) is 51.3 Å². The summed E-state index contributed by atoms with van der Waals surface area (Å²) in [5, 5.41) is 0. The lowest BCUT2D eigenvalue weighted by Gasteiger charge is -2.13. The maximum atomic E-state index is 13.0. The highest BCUT2D eigenvalue weighted by Gasteiger charge is 2.19. The lowest BCUT2D eigenvalue weighted by molar-refractivity contribution is -0.127. The van der Waals surface area contributed by atoms with Crippen molar-refractivity contribution in [3.63, 3.8) is 0 Å². The molecule has 1 unspecified atom stereocenters. The SMILES string of the molecule is COc1cc(C=NCC(=O)C(OC)c2ccc(F)cc2)cc(Br)c1OC. The first kappa shape index (κ1) is 20.1. The molecule has 0 aliphatic heterocycles. The summed E-state index contributed by atoms with van der Waals surface area (Å²) in [4.78, 5) is 16.5. The number of halogens is 2. The average Bonchev–Trinajstić information content (AvgIpc) is 2.63. The van der Waals surface area contributed by atoms with Crippen LogP contribution in [0.1, 0.15) is 17.2 Å². The summed E-state index contributed by atoms with van der Waals surface area (Å²) in [6.07, 6.45) is 0.784. The Hall–Kier alpha value is -2.25. The third-order valence-electron chi connectivity index (χ3n) is 3.64. The van der Waals surface area contributed by atoms with Crippen molar-refractivity contribution in [3.8, 4) is 11.5 Å². The van der Waals surface area contributed by atoms with Gasteiger partial charge >= 0.3 is 0 Å². The molecule has 5 nitrogen and oxygen atoms in total. The number of ketones is 1. The standard InChI is InChI=1S/C19H19BrFNO4/c1-24-17-9-12(8-15(20)19(17)26-3)10-22-11-16(23)18(25-2)13-4-6-14(21)7-5-13/h4-10,18H,11H2,1-3H3. The van der Waals surface area contributed by atoms with E-state index in [1.54, 1.807) is 26.5 Å². The largest absolute Gasteiger partial charge is 0.493 e. The van der Waals surface area contributed by atoms with Crippen LogP contribution in [0.5, 0.6) is 11.5 Å². The van der Waals surface area contributed by atoms with E-state index < -0.39 is 6.10 Å². The van der Waals surface area contributed by atoms with Crippen LogP contribution in [0.3, 0.4) is 0 Å². The highest BCUT2D eigenvalue weighted by atomic mass is 79.9. The van der Waals surface area contributed by atoms with Gasteiger partial charge in [-0.2, -0.15) is 0 Å². The van der Waals surface area contributed by atoms with Gasteiger partial charge in [-0.3, -0.25) is 9.79 Å². The van der Waals surface area contributed by atoms with E-state index in [9.17, 15) is 9.18 Å². The van der Waals surface area contributed by atoms with Gasteiger partial charge in [-0.15, -0.1) is 0 Å². The zero-order valence-electron chi connectivity index (χ0n) is 14.7. The molecule has 0 saturated heterocycles. The molecule has 2 aromatic rings. The van der Waals surface area contributed by atoms with Gasteiger partial charge in [0.15, 0.2) is 17.3 Å². The van der Waals surface area contributed by atoms with E-state index in [1.807, 2.05) is 6.07 Å². The number of Topliss-reactive ketones (excluding diaryl/α,β-unsaturated/α-hetero) is 1. The minimum Gasteiger partial charge on any atom is -0.493 e. The Morgan fingerprint density at radius 1 is 1.19 bits per heavy atom. The van der Waals surface area contributed by atoms with Gasteiger partial charge in [0.05, 0.1) is 18.7 Å². The number of nitrogens with zero attached hydrogens (tertiary/aromatic N) is 1. The Labute approximate surface area is 159 Å². The second-order valence-corrected chi connectivity index (χ2v) is 6.20. The first-order valence-corrected chi connectivity index (χ1v) is 8.51. The number of ether oxygens (including phenoxy) is 3. The fraction of sp³-hybridized carbons (Fsp3) is 0.263. The molecule has 0 aromatic heterocycles. The number of carbonyl (C=O) groups excluding carboxylic acids is 1. The molecule has 0 fully saturated rings. The highest BCUT2D eigenvalue weighted by Crippen LogP contribution is 2.35. The van der Waals surface area contributed by atoms with Crippen LogP contribution >= 0.6 is 15.9 Å². The molecular weight excluding hydrogens is 405 g/mol. The number of carbonyl (C=O) groups is 1. The third-order valence-corrected chi connectivity index (χ3v) is 4.23. The molecule has 0 radical (unpaired) electrons. The number of benzene rings is 2. The second kappa shape index (κ2) is 9.45. The van der Waals surface area contributed by atoms with Crippen LogP contribution in [0, 0.1) is 5.82 Å². The van der Waals surface area contributed by atoms with Crippen LogP contribution in [0.2, 0.25) is 0 Å². The summed E-state index contributed by atoms with van der Waals surface area (Å²) in [5.41, 5.74) is 1.33. The van der Waals surface area contributed by atoms with Crippen LogP contribution in [0.25, 0.3) is 0 Å². The Kier molecular flexibility index (Phi) is 7.29. The Morgan fingerprint density at radius 2 is 1.88 bits per heavy atom. The summed E-state index contributed by atoms with van der Waals surface area (Å²) < 4.78 is 29.5. The topological polar surface area (TPSA) is 57.1 Å². The molecule has 0 N–H and O–H groups in total. The first-order chi connectivity index (χ1) is 12.5. The summed E-state index contributed by atoms with van der Waals surface area (Å²) in [6.45, 7) is -0.0676. The van der Waals surface area contributed by atoms with Gasteiger partial charge in [0.2, 0.25) is 0 Å². The molecule has 26 heavy (non-hydrogen) atoms.